The van der Waals surface area contributed by atoms with Crippen LogP contribution in [0.15, 0.2) is 36.0 Å². The van der Waals surface area contributed by atoms with Gasteiger partial charge < -0.3 is 10.2 Å². The van der Waals surface area contributed by atoms with E-state index >= 15 is 0 Å². The number of ketones is 1. The molecule has 0 aliphatic rings. The first kappa shape index (κ1) is 20.4. The number of alkyl halides is 5. The molecule has 5 nitrogen and oxygen atoms in total. The lowest BCUT2D eigenvalue weighted by Crippen LogP contribution is -2.44. The molecule has 0 aromatic heterocycles. The lowest BCUT2D eigenvalue weighted by molar-refractivity contribution is -0.266. The van der Waals surface area contributed by atoms with Gasteiger partial charge in [0.05, 0.1) is 0 Å². The SMILES string of the molecule is C/C(=C\C(=O)C(F)(F)C(F)(F)F)NNC(=O)COc1ccccc1C. The Labute approximate surface area is 139 Å². The second kappa shape index (κ2) is 7.95. The normalized spacial score (nSPS) is 12.5. The summed E-state index contributed by atoms with van der Waals surface area (Å²) in [7, 11) is 0. The van der Waals surface area contributed by atoms with Crippen LogP contribution in [0.3, 0.4) is 0 Å². The number of ether oxygens (including phenoxy) is 1. The highest BCUT2D eigenvalue weighted by Gasteiger charge is 2.62. The van der Waals surface area contributed by atoms with Crippen LogP contribution in [0.2, 0.25) is 0 Å². The van der Waals surface area contributed by atoms with Crippen LogP contribution in [0.25, 0.3) is 0 Å². The Kier molecular flexibility index (Phi) is 6.49. The van der Waals surface area contributed by atoms with Gasteiger partial charge in [0.2, 0.25) is 5.78 Å². The van der Waals surface area contributed by atoms with Crippen LogP contribution >= 0.6 is 0 Å². The summed E-state index contributed by atoms with van der Waals surface area (Å²) < 4.78 is 66.9. The number of carbonyl (C=O) groups is 2. The molecule has 1 amide bonds. The number of allylic oxidation sites excluding steroid dienone is 2. The third kappa shape index (κ3) is 5.73. The largest absolute Gasteiger partial charge is 0.483 e. The molecule has 0 fully saturated rings. The van der Waals surface area contributed by atoms with Crippen molar-refractivity contribution in [3.63, 3.8) is 0 Å². The number of para-hydroxylation sites is 1. The number of carbonyl (C=O) groups excluding carboxylic acids is 2. The molecule has 0 radical (unpaired) electrons. The highest BCUT2D eigenvalue weighted by molar-refractivity contribution is 5.96. The van der Waals surface area contributed by atoms with Crippen molar-refractivity contribution in [2.75, 3.05) is 6.61 Å². The maximum absolute atomic E-state index is 12.8. The van der Waals surface area contributed by atoms with Crippen molar-refractivity contribution in [1.82, 2.24) is 10.9 Å². The molecule has 0 unspecified atom stereocenters. The summed E-state index contributed by atoms with van der Waals surface area (Å²) in [4.78, 5) is 22.5. The Bertz CT molecular complexity index is 671. The maximum atomic E-state index is 12.8. The average molecular weight is 366 g/mol. The summed E-state index contributed by atoms with van der Waals surface area (Å²) in [5.41, 5.74) is 4.43. The van der Waals surface area contributed by atoms with E-state index in [0.29, 0.717) is 5.75 Å². The Hall–Kier alpha value is -2.65. The number of rotatable bonds is 7. The van der Waals surface area contributed by atoms with E-state index < -0.39 is 36.1 Å². The van der Waals surface area contributed by atoms with Crippen molar-refractivity contribution in [3.05, 3.63) is 41.6 Å². The van der Waals surface area contributed by atoms with Crippen molar-refractivity contribution in [2.45, 2.75) is 25.9 Å². The van der Waals surface area contributed by atoms with Gasteiger partial charge in [0.15, 0.2) is 6.61 Å². The zero-order valence-electron chi connectivity index (χ0n) is 13.2. The van der Waals surface area contributed by atoms with E-state index in [4.69, 9.17) is 4.74 Å². The van der Waals surface area contributed by atoms with Gasteiger partial charge in [0.1, 0.15) is 5.75 Å². The molecule has 0 aliphatic carbocycles. The van der Waals surface area contributed by atoms with Crippen LogP contribution in [0.1, 0.15) is 12.5 Å². The molecular weight excluding hydrogens is 351 g/mol. The number of hydrazine groups is 1. The number of benzene rings is 1. The monoisotopic (exact) mass is 366 g/mol. The first-order valence-corrected chi connectivity index (χ1v) is 6.85. The molecule has 2 N–H and O–H groups in total. The highest BCUT2D eigenvalue weighted by atomic mass is 19.4. The van der Waals surface area contributed by atoms with Crippen molar-refractivity contribution in [2.24, 2.45) is 0 Å². The zero-order chi connectivity index (χ0) is 19.3. The molecule has 0 spiro atoms. The summed E-state index contributed by atoms with van der Waals surface area (Å²) in [6.07, 6.45) is -5.94. The minimum Gasteiger partial charge on any atom is -0.483 e. The summed E-state index contributed by atoms with van der Waals surface area (Å²) in [6, 6.07) is 6.84. The fourth-order valence-electron chi connectivity index (χ4n) is 1.53. The summed E-state index contributed by atoms with van der Waals surface area (Å²) in [5.74, 6) is -8.24. The van der Waals surface area contributed by atoms with Gasteiger partial charge in [-0.1, -0.05) is 18.2 Å². The smallest absolute Gasteiger partial charge is 0.461 e. The number of hydrogen-bond acceptors (Lipinski definition) is 4. The molecule has 1 rings (SSSR count). The predicted molar refractivity (Wildman–Crippen MR) is 77.7 cm³/mol. The lowest BCUT2D eigenvalue weighted by Gasteiger charge is -2.17. The Morgan fingerprint density at radius 2 is 1.72 bits per heavy atom. The van der Waals surface area contributed by atoms with Crippen LogP contribution < -0.4 is 15.6 Å². The number of nitrogens with one attached hydrogen (secondary N) is 2. The van der Waals surface area contributed by atoms with Crippen molar-refractivity contribution in [3.8, 4) is 5.75 Å². The van der Waals surface area contributed by atoms with Gasteiger partial charge in [-0.3, -0.25) is 15.0 Å². The molecule has 138 valence electrons. The van der Waals surface area contributed by atoms with Gasteiger partial charge in [0.25, 0.3) is 5.91 Å². The molecule has 0 saturated carbocycles. The Morgan fingerprint density at radius 3 is 2.28 bits per heavy atom. The predicted octanol–water partition coefficient (Wildman–Crippen LogP) is 2.67. The standard InChI is InChI=1S/C15H15F5N2O3/c1-9-5-3-4-6-11(9)25-8-13(24)22-21-10(2)7-12(23)14(16,17)15(18,19)20/h3-7,21H,8H2,1-2H3,(H,22,24)/b10-7+. The molecule has 1 aromatic carbocycles. The highest BCUT2D eigenvalue weighted by Crippen LogP contribution is 2.36. The molecule has 0 bridgehead atoms. The van der Waals surface area contributed by atoms with Crippen LogP contribution in [0, 0.1) is 6.92 Å². The third-order valence-corrected chi connectivity index (χ3v) is 2.86. The molecular formula is C15H15F5N2O3. The van der Waals surface area contributed by atoms with Gasteiger partial charge in [0, 0.05) is 11.8 Å². The zero-order valence-corrected chi connectivity index (χ0v) is 13.2. The maximum Gasteiger partial charge on any atom is 0.461 e. The molecule has 0 atom stereocenters. The molecule has 10 heteroatoms. The van der Waals surface area contributed by atoms with E-state index in [9.17, 15) is 31.5 Å². The van der Waals surface area contributed by atoms with Crippen molar-refractivity contribution < 1.29 is 36.3 Å². The number of halogens is 5. The molecule has 0 heterocycles. The fourth-order valence-corrected chi connectivity index (χ4v) is 1.53. The van der Waals surface area contributed by atoms with Crippen molar-refractivity contribution in [1.29, 1.82) is 0 Å². The molecule has 1 aromatic rings. The van der Waals surface area contributed by atoms with E-state index in [1.54, 1.807) is 31.2 Å². The van der Waals surface area contributed by atoms with E-state index in [2.05, 4.69) is 0 Å². The van der Waals surface area contributed by atoms with Crippen LogP contribution in [0.5, 0.6) is 5.75 Å². The van der Waals surface area contributed by atoms with Crippen LogP contribution in [-0.4, -0.2) is 30.4 Å². The van der Waals surface area contributed by atoms with Crippen molar-refractivity contribution >= 4 is 11.7 Å². The quantitative estimate of drug-likeness (QED) is 0.442. The number of hydrogen-bond donors (Lipinski definition) is 2. The second-order valence-corrected chi connectivity index (χ2v) is 4.99. The van der Waals surface area contributed by atoms with E-state index in [-0.39, 0.29) is 6.08 Å². The fraction of sp³-hybridized carbons (Fsp3) is 0.333. The summed E-state index contributed by atoms with van der Waals surface area (Å²) in [5, 5.41) is 0. The van der Waals surface area contributed by atoms with E-state index in [1.807, 2.05) is 10.9 Å². The van der Waals surface area contributed by atoms with Gasteiger partial charge in [-0.05, 0) is 25.5 Å². The van der Waals surface area contributed by atoms with Gasteiger partial charge in [-0.25, -0.2) is 0 Å². The minimum absolute atomic E-state index is 0.0516. The molecule has 0 aliphatic heterocycles. The third-order valence-electron chi connectivity index (χ3n) is 2.86. The molecule has 0 saturated heterocycles. The van der Waals surface area contributed by atoms with Gasteiger partial charge in [-0.2, -0.15) is 22.0 Å². The minimum atomic E-state index is -5.99. The van der Waals surface area contributed by atoms with Gasteiger partial charge >= 0.3 is 12.1 Å². The topological polar surface area (TPSA) is 67.4 Å². The first-order valence-electron chi connectivity index (χ1n) is 6.85. The summed E-state index contributed by atoms with van der Waals surface area (Å²) in [6.45, 7) is 2.36. The second-order valence-electron chi connectivity index (χ2n) is 4.99. The molecule has 25 heavy (non-hydrogen) atoms. The van der Waals surface area contributed by atoms with Gasteiger partial charge in [-0.15, -0.1) is 0 Å². The van der Waals surface area contributed by atoms with E-state index in [1.165, 1.54) is 0 Å². The Balaban J connectivity index is 2.53. The first-order chi connectivity index (χ1) is 11.4. The lowest BCUT2D eigenvalue weighted by atomic mass is 10.2. The number of aryl methyl sites for hydroxylation is 1. The van der Waals surface area contributed by atoms with E-state index in [0.717, 1.165) is 12.5 Å². The van der Waals surface area contributed by atoms with Crippen LogP contribution in [-0.2, 0) is 9.59 Å². The Morgan fingerprint density at radius 1 is 1.12 bits per heavy atom. The summed E-state index contributed by atoms with van der Waals surface area (Å²) >= 11 is 0. The van der Waals surface area contributed by atoms with Crippen LogP contribution in [0.4, 0.5) is 22.0 Å². The average Bonchev–Trinajstić information content (AvgIpc) is 2.51. The number of amides is 1.